The first-order chi connectivity index (χ1) is 9.09. The number of benzene rings is 1. The summed E-state index contributed by atoms with van der Waals surface area (Å²) in [6, 6.07) is 4.36. The smallest absolute Gasteiger partial charge is 0.339 e. The van der Waals surface area contributed by atoms with E-state index in [4.69, 9.17) is 16.7 Å². The second kappa shape index (κ2) is 5.93. The van der Waals surface area contributed by atoms with Crippen LogP contribution in [0.25, 0.3) is 0 Å². The zero-order chi connectivity index (χ0) is 13.8. The highest BCUT2D eigenvalue weighted by molar-refractivity contribution is 6.34. The molecule has 0 spiro atoms. The van der Waals surface area contributed by atoms with Crippen LogP contribution in [-0.4, -0.2) is 35.1 Å². The van der Waals surface area contributed by atoms with Crippen molar-refractivity contribution in [3.05, 3.63) is 28.8 Å². The minimum Gasteiger partial charge on any atom is -0.478 e. The van der Waals surface area contributed by atoms with Gasteiger partial charge in [0.2, 0.25) is 0 Å². The molecule has 0 unspecified atom stereocenters. The fourth-order valence-corrected chi connectivity index (χ4v) is 2.39. The van der Waals surface area contributed by atoms with Crippen LogP contribution in [0.1, 0.15) is 29.6 Å². The van der Waals surface area contributed by atoms with Gasteiger partial charge in [0.15, 0.2) is 0 Å². The molecule has 2 amide bonds. The van der Waals surface area contributed by atoms with Crippen molar-refractivity contribution < 1.29 is 14.7 Å². The minimum atomic E-state index is -1.15. The number of nitrogens with zero attached hydrogens (tertiary/aromatic N) is 1. The second-order valence-electron chi connectivity index (χ2n) is 4.45. The van der Waals surface area contributed by atoms with E-state index >= 15 is 0 Å². The van der Waals surface area contributed by atoms with Gasteiger partial charge in [-0.3, -0.25) is 0 Å². The van der Waals surface area contributed by atoms with Crippen LogP contribution in [0.3, 0.4) is 0 Å². The number of nitrogens with one attached hydrogen (secondary N) is 1. The summed E-state index contributed by atoms with van der Waals surface area (Å²) >= 11 is 5.85. The van der Waals surface area contributed by atoms with Crippen molar-refractivity contribution in [3.63, 3.8) is 0 Å². The van der Waals surface area contributed by atoms with Gasteiger partial charge in [-0.2, -0.15) is 0 Å². The number of carbonyl (C=O) groups excluding carboxylic acids is 1. The number of hydrogen-bond acceptors (Lipinski definition) is 2. The Kier molecular flexibility index (Phi) is 4.27. The number of anilines is 1. The Morgan fingerprint density at radius 1 is 1.21 bits per heavy atom. The fourth-order valence-electron chi connectivity index (χ4n) is 2.14. The number of carboxylic acids is 1. The van der Waals surface area contributed by atoms with Crippen molar-refractivity contribution >= 4 is 29.3 Å². The maximum Gasteiger partial charge on any atom is 0.339 e. The third-order valence-electron chi connectivity index (χ3n) is 3.11. The number of urea groups is 1. The maximum absolute atomic E-state index is 12.0. The van der Waals surface area contributed by atoms with Crippen LogP contribution in [0.15, 0.2) is 18.2 Å². The van der Waals surface area contributed by atoms with Crippen LogP contribution in [-0.2, 0) is 0 Å². The average Bonchev–Trinajstić information content (AvgIpc) is 2.39. The molecule has 1 aromatic rings. The number of rotatable bonds is 2. The molecule has 2 rings (SSSR count). The van der Waals surface area contributed by atoms with Crippen LogP contribution in [0.4, 0.5) is 10.5 Å². The molecular formula is C13H15ClN2O3. The number of hydrogen-bond donors (Lipinski definition) is 2. The lowest BCUT2D eigenvalue weighted by atomic mass is 10.1. The summed E-state index contributed by atoms with van der Waals surface area (Å²) in [7, 11) is 0. The van der Waals surface area contributed by atoms with Crippen molar-refractivity contribution in [2.75, 3.05) is 18.4 Å². The molecule has 1 fully saturated rings. The van der Waals surface area contributed by atoms with Gasteiger partial charge in [-0.15, -0.1) is 0 Å². The van der Waals surface area contributed by atoms with Gasteiger partial charge in [-0.1, -0.05) is 17.7 Å². The van der Waals surface area contributed by atoms with Gasteiger partial charge in [0.05, 0.1) is 10.7 Å². The zero-order valence-electron chi connectivity index (χ0n) is 10.4. The lowest BCUT2D eigenvalue weighted by molar-refractivity contribution is 0.0698. The molecule has 102 valence electrons. The highest BCUT2D eigenvalue weighted by Gasteiger charge is 2.20. The summed E-state index contributed by atoms with van der Waals surface area (Å²) in [6.45, 7) is 1.41. The van der Waals surface area contributed by atoms with Gasteiger partial charge in [0, 0.05) is 13.1 Å². The Morgan fingerprint density at radius 2 is 1.89 bits per heavy atom. The summed E-state index contributed by atoms with van der Waals surface area (Å²) in [4.78, 5) is 24.9. The normalized spacial score (nSPS) is 15.1. The number of carbonyl (C=O) groups is 2. The first-order valence-corrected chi connectivity index (χ1v) is 6.55. The van der Waals surface area contributed by atoms with Gasteiger partial charge in [0.25, 0.3) is 0 Å². The van der Waals surface area contributed by atoms with E-state index in [1.807, 2.05) is 0 Å². The highest BCUT2D eigenvalue weighted by atomic mass is 35.5. The summed E-state index contributed by atoms with van der Waals surface area (Å²) < 4.78 is 0. The number of likely N-dealkylation sites (tertiary alicyclic amines) is 1. The Morgan fingerprint density at radius 3 is 2.53 bits per heavy atom. The summed E-state index contributed by atoms with van der Waals surface area (Å²) in [5, 5.41) is 11.9. The van der Waals surface area contributed by atoms with E-state index in [0.29, 0.717) is 13.1 Å². The molecule has 1 aliphatic heterocycles. The fraction of sp³-hybridized carbons (Fsp3) is 0.385. The standard InChI is InChI=1S/C13H15ClN2O3/c14-9-5-4-6-10(11(9)12(17)18)15-13(19)16-7-2-1-3-8-16/h4-6H,1-3,7-8H2,(H,15,19)(H,17,18). The lowest BCUT2D eigenvalue weighted by Gasteiger charge is -2.27. The Bertz CT molecular complexity index is 499. The van der Waals surface area contributed by atoms with Crippen molar-refractivity contribution in [3.8, 4) is 0 Å². The Hall–Kier alpha value is -1.75. The van der Waals surface area contributed by atoms with Crippen molar-refractivity contribution in [2.45, 2.75) is 19.3 Å². The summed E-state index contributed by atoms with van der Waals surface area (Å²) in [5.41, 5.74) is 0.157. The van der Waals surface area contributed by atoms with E-state index in [0.717, 1.165) is 19.3 Å². The van der Waals surface area contributed by atoms with Crippen LogP contribution >= 0.6 is 11.6 Å². The molecule has 6 heteroatoms. The van der Waals surface area contributed by atoms with Crippen LogP contribution in [0.5, 0.6) is 0 Å². The molecule has 1 aliphatic rings. The molecule has 2 N–H and O–H groups in total. The Balaban J connectivity index is 2.16. The molecule has 0 saturated carbocycles. The van der Waals surface area contributed by atoms with Crippen LogP contribution < -0.4 is 5.32 Å². The highest BCUT2D eigenvalue weighted by Crippen LogP contribution is 2.25. The number of halogens is 1. The van der Waals surface area contributed by atoms with Crippen molar-refractivity contribution in [1.29, 1.82) is 0 Å². The van der Waals surface area contributed by atoms with Crippen LogP contribution in [0, 0.1) is 0 Å². The molecule has 0 aromatic heterocycles. The van der Waals surface area contributed by atoms with Gasteiger partial charge in [-0.25, -0.2) is 9.59 Å². The number of carboxylic acid groups (broad SMARTS) is 1. The molecule has 5 nitrogen and oxygen atoms in total. The molecule has 0 bridgehead atoms. The topological polar surface area (TPSA) is 69.6 Å². The maximum atomic E-state index is 12.0. The van der Waals surface area contributed by atoms with Gasteiger partial charge in [-0.05, 0) is 31.4 Å². The molecule has 1 saturated heterocycles. The Labute approximate surface area is 116 Å². The molecule has 0 radical (unpaired) electrons. The van der Waals surface area contributed by atoms with E-state index in [2.05, 4.69) is 5.32 Å². The monoisotopic (exact) mass is 282 g/mol. The predicted molar refractivity (Wildman–Crippen MR) is 72.9 cm³/mol. The quantitative estimate of drug-likeness (QED) is 0.876. The van der Waals surface area contributed by atoms with E-state index < -0.39 is 5.97 Å². The van der Waals surface area contributed by atoms with Gasteiger partial charge >= 0.3 is 12.0 Å². The predicted octanol–water partition coefficient (Wildman–Crippen LogP) is 3.06. The van der Waals surface area contributed by atoms with E-state index in [-0.39, 0.29) is 22.3 Å². The third kappa shape index (κ3) is 3.17. The van der Waals surface area contributed by atoms with Crippen molar-refractivity contribution in [1.82, 2.24) is 4.90 Å². The molecule has 0 aliphatic carbocycles. The third-order valence-corrected chi connectivity index (χ3v) is 3.43. The van der Waals surface area contributed by atoms with Gasteiger partial charge < -0.3 is 15.3 Å². The second-order valence-corrected chi connectivity index (χ2v) is 4.85. The summed E-state index contributed by atoms with van der Waals surface area (Å²) in [6.07, 6.45) is 3.09. The zero-order valence-corrected chi connectivity index (χ0v) is 11.1. The summed E-state index contributed by atoms with van der Waals surface area (Å²) in [5.74, 6) is -1.15. The van der Waals surface area contributed by atoms with Crippen LogP contribution in [0.2, 0.25) is 5.02 Å². The van der Waals surface area contributed by atoms with E-state index in [9.17, 15) is 9.59 Å². The molecule has 1 aromatic carbocycles. The van der Waals surface area contributed by atoms with Crippen molar-refractivity contribution in [2.24, 2.45) is 0 Å². The lowest BCUT2D eigenvalue weighted by Crippen LogP contribution is -2.39. The number of amides is 2. The SMILES string of the molecule is O=C(O)c1c(Cl)cccc1NC(=O)N1CCCCC1. The first kappa shape index (κ1) is 13.7. The first-order valence-electron chi connectivity index (χ1n) is 6.17. The average molecular weight is 283 g/mol. The largest absolute Gasteiger partial charge is 0.478 e. The number of aromatic carboxylic acids is 1. The molecule has 1 heterocycles. The molecule has 0 atom stereocenters. The van der Waals surface area contributed by atoms with E-state index in [1.54, 1.807) is 11.0 Å². The molecule has 19 heavy (non-hydrogen) atoms. The van der Waals surface area contributed by atoms with E-state index in [1.165, 1.54) is 12.1 Å². The minimum absolute atomic E-state index is 0.0745. The van der Waals surface area contributed by atoms with Gasteiger partial charge in [0.1, 0.15) is 5.56 Å². The molecular weight excluding hydrogens is 268 g/mol. The number of piperidine rings is 1.